The lowest BCUT2D eigenvalue weighted by Gasteiger charge is -2.32. The van der Waals surface area contributed by atoms with Crippen LogP contribution in [-0.2, 0) is 0 Å². The quantitative estimate of drug-likeness (QED) is 0.668. The molecule has 0 aliphatic carbocycles. The molecule has 0 saturated carbocycles. The highest BCUT2D eigenvalue weighted by atomic mass is 15.2. The molecule has 0 bridgehead atoms. The summed E-state index contributed by atoms with van der Waals surface area (Å²) < 4.78 is 0. The zero-order chi connectivity index (χ0) is 11.8. The SMILES string of the molecule is CCCN(C(C)C)C(C)CCNC(C)C. The Balaban J connectivity index is 3.86. The highest BCUT2D eigenvalue weighted by Crippen LogP contribution is 2.09. The third-order valence-corrected chi connectivity index (χ3v) is 2.83. The van der Waals surface area contributed by atoms with Crippen molar-refractivity contribution in [3.63, 3.8) is 0 Å². The smallest absolute Gasteiger partial charge is 0.00817 e. The third-order valence-electron chi connectivity index (χ3n) is 2.83. The third kappa shape index (κ3) is 6.91. The lowest BCUT2D eigenvalue weighted by molar-refractivity contribution is 0.156. The average Bonchev–Trinajstić information content (AvgIpc) is 2.12. The fourth-order valence-electron chi connectivity index (χ4n) is 1.99. The van der Waals surface area contributed by atoms with Crippen LogP contribution in [0.4, 0.5) is 0 Å². The molecule has 0 fully saturated rings. The normalized spacial score (nSPS) is 14.2. The fraction of sp³-hybridized carbons (Fsp3) is 1.00. The van der Waals surface area contributed by atoms with Crippen LogP contribution in [0.2, 0.25) is 0 Å². The topological polar surface area (TPSA) is 15.3 Å². The molecule has 0 aromatic rings. The number of rotatable bonds is 8. The van der Waals surface area contributed by atoms with E-state index in [0.717, 1.165) is 6.54 Å². The molecule has 15 heavy (non-hydrogen) atoms. The van der Waals surface area contributed by atoms with Crippen molar-refractivity contribution in [3.8, 4) is 0 Å². The Kier molecular flexibility index (Phi) is 8.07. The molecule has 0 aromatic heterocycles. The van der Waals surface area contributed by atoms with Gasteiger partial charge in [0.25, 0.3) is 0 Å². The van der Waals surface area contributed by atoms with E-state index in [1.165, 1.54) is 19.4 Å². The Hall–Kier alpha value is -0.0800. The Bertz CT molecular complexity index is 143. The van der Waals surface area contributed by atoms with Crippen LogP contribution in [0.3, 0.4) is 0 Å². The minimum atomic E-state index is 0.607. The first-order valence-electron chi connectivity index (χ1n) is 6.48. The number of nitrogens with one attached hydrogen (secondary N) is 1. The van der Waals surface area contributed by atoms with Crippen LogP contribution in [0.25, 0.3) is 0 Å². The molecule has 1 atom stereocenters. The first kappa shape index (κ1) is 14.9. The molecular weight excluding hydrogens is 184 g/mol. The van der Waals surface area contributed by atoms with Crippen LogP contribution >= 0.6 is 0 Å². The van der Waals surface area contributed by atoms with Crippen molar-refractivity contribution in [1.82, 2.24) is 10.2 Å². The maximum absolute atomic E-state index is 3.49. The second-order valence-corrected chi connectivity index (χ2v) is 5.08. The molecule has 0 heterocycles. The molecule has 0 aromatic carbocycles. The van der Waals surface area contributed by atoms with Gasteiger partial charge < -0.3 is 5.32 Å². The molecule has 0 amide bonds. The fourth-order valence-corrected chi connectivity index (χ4v) is 1.99. The monoisotopic (exact) mass is 214 g/mol. The van der Waals surface area contributed by atoms with Gasteiger partial charge in [-0.05, 0) is 46.7 Å². The molecular formula is C13H30N2. The van der Waals surface area contributed by atoms with Crippen molar-refractivity contribution in [2.45, 2.75) is 72.5 Å². The van der Waals surface area contributed by atoms with Crippen LogP contribution in [0, 0.1) is 0 Å². The molecule has 2 heteroatoms. The highest BCUT2D eigenvalue weighted by Gasteiger charge is 2.15. The maximum Gasteiger partial charge on any atom is 0.00817 e. The summed E-state index contributed by atoms with van der Waals surface area (Å²) in [5, 5.41) is 3.49. The van der Waals surface area contributed by atoms with Gasteiger partial charge in [0.15, 0.2) is 0 Å². The van der Waals surface area contributed by atoms with Crippen LogP contribution < -0.4 is 5.32 Å². The van der Waals surface area contributed by atoms with E-state index in [-0.39, 0.29) is 0 Å². The van der Waals surface area contributed by atoms with Crippen molar-refractivity contribution in [3.05, 3.63) is 0 Å². The van der Waals surface area contributed by atoms with Gasteiger partial charge in [0.1, 0.15) is 0 Å². The minimum absolute atomic E-state index is 0.607. The van der Waals surface area contributed by atoms with Crippen LogP contribution in [0.15, 0.2) is 0 Å². The first-order valence-corrected chi connectivity index (χ1v) is 6.48. The lowest BCUT2D eigenvalue weighted by Crippen LogP contribution is -2.41. The number of hydrogen-bond acceptors (Lipinski definition) is 2. The van der Waals surface area contributed by atoms with Crippen molar-refractivity contribution >= 4 is 0 Å². The summed E-state index contributed by atoms with van der Waals surface area (Å²) in [4.78, 5) is 2.60. The Morgan fingerprint density at radius 3 is 2.07 bits per heavy atom. The van der Waals surface area contributed by atoms with E-state index < -0.39 is 0 Å². The van der Waals surface area contributed by atoms with Gasteiger partial charge in [0, 0.05) is 18.1 Å². The average molecular weight is 214 g/mol. The van der Waals surface area contributed by atoms with Crippen molar-refractivity contribution in [2.75, 3.05) is 13.1 Å². The van der Waals surface area contributed by atoms with Gasteiger partial charge in [-0.1, -0.05) is 20.8 Å². The van der Waals surface area contributed by atoms with E-state index in [0.29, 0.717) is 18.1 Å². The van der Waals surface area contributed by atoms with Crippen molar-refractivity contribution in [2.24, 2.45) is 0 Å². The summed E-state index contributed by atoms with van der Waals surface area (Å²) in [6.45, 7) is 16.0. The van der Waals surface area contributed by atoms with Gasteiger partial charge in [-0.25, -0.2) is 0 Å². The molecule has 0 spiro atoms. The standard InChI is InChI=1S/C13H30N2/c1-7-10-15(12(4)5)13(6)8-9-14-11(2)3/h11-14H,7-10H2,1-6H3. The largest absolute Gasteiger partial charge is 0.314 e. The van der Waals surface area contributed by atoms with E-state index >= 15 is 0 Å². The van der Waals surface area contributed by atoms with Gasteiger partial charge in [-0.15, -0.1) is 0 Å². The molecule has 2 nitrogen and oxygen atoms in total. The van der Waals surface area contributed by atoms with Gasteiger partial charge in [-0.3, -0.25) is 4.90 Å². The Labute approximate surface area is 96.4 Å². The van der Waals surface area contributed by atoms with Gasteiger partial charge in [0.2, 0.25) is 0 Å². The summed E-state index contributed by atoms with van der Waals surface area (Å²) in [6.07, 6.45) is 2.50. The van der Waals surface area contributed by atoms with E-state index in [9.17, 15) is 0 Å². The summed E-state index contributed by atoms with van der Waals surface area (Å²) >= 11 is 0. The summed E-state index contributed by atoms with van der Waals surface area (Å²) in [7, 11) is 0. The number of nitrogens with zero attached hydrogens (tertiary/aromatic N) is 1. The minimum Gasteiger partial charge on any atom is -0.314 e. The molecule has 1 N–H and O–H groups in total. The zero-order valence-corrected chi connectivity index (χ0v) is 11.5. The first-order chi connectivity index (χ1) is 6.99. The summed E-state index contributed by atoms with van der Waals surface area (Å²) in [5.41, 5.74) is 0. The van der Waals surface area contributed by atoms with E-state index in [4.69, 9.17) is 0 Å². The molecule has 92 valence electrons. The molecule has 0 aliphatic rings. The summed E-state index contributed by atoms with van der Waals surface area (Å²) in [6, 6.07) is 1.96. The van der Waals surface area contributed by atoms with Crippen LogP contribution in [-0.4, -0.2) is 36.1 Å². The highest BCUT2D eigenvalue weighted by molar-refractivity contribution is 4.71. The van der Waals surface area contributed by atoms with Gasteiger partial charge in [0.05, 0.1) is 0 Å². The van der Waals surface area contributed by atoms with E-state index in [1.807, 2.05) is 0 Å². The lowest BCUT2D eigenvalue weighted by atomic mass is 10.1. The Morgan fingerprint density at radius 1 is 1.07 bits per heavy atom. The predicted octanol–water partition coefficient (Wildman–Crippen LogP) is 2.88. The second-order valence-electron chi connectivity index (χ2n) is 5.08. The Morgan fingerprint density at radius 2 is 1.67 bits per heavy atom. The van der Waals surface area contributed by atoms with Gasteiger partial charge in [-0.2, -0.15) is 0 Å². The van der Waals surface area contributed by atoms with Crippen LogP contribution in [0.5, 0.6) is 0 Å². The van der Waals surface area contributed by atoms with Crippen LogP contribution in [0.1, 0.15) is 54.4 Å². The summed E-state index contributed by atoms with van der Waals surface area (Å²) in [5.74, 6) is 0. The van der Waals surface area contributed by atoms with E-state index in [2.05, 4.69) is 51.8 Å². The molecule has 0 aliphatic heterocycles. The number of hydrogen-bond donors (Lipinski definition) is 1. The van der Waals surface area contributed by atoms with Crippen molar-refractivity contribution in [1.29, 1.82) is 0 Å². The molecule has 0 saturated heterocycles. The molecule has 0 rings (SSSR count). The predicted molar refractivity (Wildman–Crippen MR) is 69.4 cm³/mol. The molecule has 0 radical (unpaired) electrons. The molecule has 1 unspecified atom stereocenters. The maximum atomic E-state index is 3.49. The van der Waals surface area contributed by atoms with Crippen molar-refractivity contribution < 1.29 is 0 Å². The van der Waals surface area contributed by atoms with Gasteiger partial charge >= 0.3 is 0 Å². The second kappa shape index (κ2) is 8.12. The van der Waals surface area contributed by atoms with E-state index in [1.54, 1.807) is 0 Å². The zero-order valence-electron chi connectivity index (χ0n) is 11.5.